The first-order valence-corrected chi connectivity index (χ1v) is 9.75. The summed E-state index contributed by atoms with van der Waals surface area (Å²) in [5.74, 6) is -0.0483. The minimum atomic E-state index is -3.10. The van der Waals surface area contributed by atoms with Gasteiger partial charge in [0.1, 0.15) is 11.5 Å². The van der Waals surface area contributed by atoms with Crippen LogP contribution in [0.25, 0.3) is 0 Å². The van der Waals surface area contributed by atoms with E-state index in [1.165, 1.54) is 23.2 Å². The molecule has 1 saturated heterocycles. The lowest BCUT2D eigenvalue weighted by Crippen LogP contribution is -2.38. The number of aromatic nitrogens is 2. The Labute approximate surface area is 150 Å². The van der Waals surface area contributed by atoms with E-state index < -0.39 is 21.7 Å². The van der Waals surface area contributed by atoms with Gasteiger partial charge >= 0.3 is 0 Å². The Kier molecular flexibility index (Phi) is 4.77. The van der Waals surface area contributed by atoms with Crippen molar-refractivity contribution < 1.29 is 22.5 Å². The number of carbonyl (C=O) groups excluding carboxylic acids is 2. The average molecular weight is 378 g/mol. The predicted octanol–water partition coefficient (Wildman–Crippen LogP) is 0.889. The number of sulfone groups is 1. The molecule has 0 bridgehead atoms. The third-order valence-corrected chi connectivity index (χ3v) is 5.94. The van der Waals surface area contributed by atoms with Gasteiger partial charge in [-0.25, -0.2) is 8.42 Å². The zero-order valence-electron chi connectivity index (χ0n) is 14.3. The highest BCUT2D eigenvalue weighted by atomic mass is 32.2. The standard InChI is InChI=1S/C16H18N4O5S/c1-10-7-14(19-25-10)18-15(21)11-3-5-17-13(8-11)16(22)20(2)12-4-6-26(23,24)9-12/h3,5,7-8,12H,4,6,9H2,1-2H3,(H,18,19,21). The molecular weight excluding hydrogens is 360 g/mol. The monoisotopic (exact) mass is 378 g/mol. The van der Waals surface area contributed by atoms with Crippen LogP contribution in [0, 0.1) is 6.92 Å². The lowest BCUT2D eigenvalue weighted by Gasteiger charge is -2.23. The number of aryl methyl sites for hydroxylation is 1. The Hall–Kier alpha value is -2.75. The first-order chi connectivity index (χ1) is 12.2. The number of nitrogens with one attached hydrogen (secondary N) is 1. The van der Waals surface area contributed by atoms with Gasteiger partial charge in [0.25, 0.3) is 11.8 Å². The first-order valence-electron chi connectivity index (χ1n) is 7.93. The quantitative estimate of drug-likeness (QED) is 0.838. The summed E-state index contributed by atoms with van der Waals surface area (Å²) in [7, 11) is -1.56. The molecule has 0 aromatic carbocycles. The van der Waals surface area contributed by atoms with Crippen molar-refractivity contribution >= 4 is 27.5 Å². The number of nitrogens with zero attached hydrogens (tertiary/aromatic N) is 3. The maximum Gasteiger partial charge on any atom is 0.272 e. The Morgan fingerprint density at radius 3 is 2.73 bits per heavy atom. The van der Waals surface area contributed by atoms with Crippen LogP contribution >= 0.6 is 0 Å². The Morgan fingerprint density at radius 2 is 2.12 bits per heavy atom. The van der Waals surface area contributed by atoms with E-state index in [2.05, 4.69) is 15.5 Å². The molecule has 1 aliphatic heterocycles. The summed E-state index contributed by atoms with van der Waals surface area (Å²) in [6.07, 6.45) is 1.76. The van der Waals surface area contributed by atoms with Gasteiger partial charge in [0.05, 0.1) is 11.5 Å². The average Bonchev–Trinajstić information content (AvgIpc) is 3.18. The zero-order valence-corrected chi connectivity index (χ0v) is 15.1. The molecular formula is C16H18N4O5S. The van der Waals surface area contributed by atoms with E-state index in [4.69, 9.17) is 4.52 Å². The van der Waals surface area contributed by atoms with Crippen molar-refractivity contribution in [3.8, 4) is 0 Å². The molecule has 138 valence electrons. The van der Waals surface area contributed by atoms with Crippen molar-refractivity contribution in [1.29, 1.82) is 0 Å². The second kappa shape index (κ2) is 6.87. The SMILES string of the molecule is Cc1cc(NC(=O)c2ccnc(C(=O)N(C)C3CCS(=O)(=O)C3)c2)no1. The van der Waals surface area contributed by atoms with E-state index in [0.717, 1.165) is 0 Å². The molecule has 26 heavy (non-hydrogen) atoms. The molecule has 1 unspecified atom stereocenters. The van der Waals surface area contributed by atoms with Crippen LogP contribution in [0.1, 0.15) is 33.0 Å². The second-order valence-electron chi connectivity index (χ2n) is 6.18. The Morgan fingerprint density at radius 1 is 1.35 bits per heavy atom. The van der Waals surface area contributed by atoms with Gasteiger partial charge in [0.15, 0.2) is 15.7 Å². The fourth-order valence-electron chi connectivity index (χ4n) is 2.73. The van der Waals surface area contributed by atoms with Gasteiger partial charge in [-0.15, -0.1) is 0 Å². The molecule has 0 radical (unpaired) electrons. The highest BCUT2D eigenvalue weighted by molar-refractivity contribution is 7.91. The van der Waals surface area contributed by atoms with Gasteiger partial charge in [0, 0.05) is 30.9 Å². The molecule has 0 aliphatic carbocycles. The van der Waals surface area contributed by atoms with Crippen LogP contribution in [0.15, 0.2) is 28.9 Å². The molecule has 2 aromatic heterocycles. The molecule has 1 atom stereocenters. The highest BCUT2D eigenvalue weighted by Gasteiger charge is 2.33. The molecule has 0 spiro atoms. The van der Waals surface area contributed by atoms with Gasteiger partial charge in [-0.1, -0.05) is 5.16 Å². The molecule has 9 nitrogen and oxygen atoms in total. The highest BCUT2D eigenvalue weighted by Crippen LogP contribution is 2.18. The van der Waals surface area contributed by atoms with Crippen LogP contribution in [0.5, 0.6) is 0 Å². The van der Waals surface area contributed by atoms with Crippen LogP contribution < -0.4 is 5.32 Å². The van der Waals surface area contributed by atoms with Crippen molar-refractivity contribution in [2.45, 2.75) is 19.4 Å². The lowest BCUT2D eigenvalue weighted by molar-refractivity contribution is 0.0741. The third-order valence-electron chi connectivity index (χ3n) is 4.19. The number of pyridine rings is 1. The summed E-state index contributed by atoms with van der Waals surface area (Å²) in [5, 5.41) is 6.24. The molecule has 3 rings (SSSR count). The minimum absolute atomic E-state index is 0.0546. The minimum Gasteiger partial charge on any atom is -0.360 e. The third kappa shape index (κ3) is 3.90. The lowest BCUT2D eigenvalue weighted by atomic mass is 10.1. The summed E-state index contributed by atoms with van der Waals surface area (Å²) in [6.45, 7) is 1.70. The van der Waals surface area contributed by atoms with Crippen molar-refractivity contribution in [3.05, 3.63) is 41.4 Å². The van der Waals surface area contributed by atoms with E-state index in [-0.39, 0.29) is 34.6 Å². The summed E-state index contributed by atoms with van der Waals surface area (Å²) in [5.41, 5.74) is 0.303. The van der Waals surface area contributed by atoms with E-state index in [1.807, 2.05) is 0 Å². The van der Waals surface area contributed by atoms with Crippen molar-refractivity contribution in [2.24, 2.45) is 0 Å². The van der Waals surface area contributed by atoms with E-state index in [9.17, 15) is 18.0 Å². The van der Waals surface area contributed by atoms with E-state index in [0.29, 0.717) is 12.2 Å². The number of rotatable bonds is 4. The fraction of sp³-hybridized carbons (Fsp3) is 0.375. The summed E-state index contributed by atoms with van der Waals surface area (Å²) in [4.78, 5) is 30.3. The molecule has 10 heteroatoms. The molecule has 3 heterocycles. The summed E-state index contributed by atoms with van der Waals surface area (Å²) < 4.78 is 28.1. The smallest absolute Gasteiger partial charge is 0.272 e. The zero-order chi connectivity index (χ0) is 18.9. The van der Waals surface area contributed by atoms with E-state index >= 15 is 0 Å². The largest absolute Gasteiger partial charge is 0.360 e. The van der Waals surface area contributed by atoms with Crippen molar-refractivity contribution in [2.75, 3.05) is 23.9 Å². The normalized spacial score (nSPS) is 18.5. The van der Waals surface area contributed by atoms with Gasteiger partial charge in [0.2, 0.25) is 0 Å². The summed E-state index contributed by atoms with van der Waals surface area (Å²) in [6, 6.07) is 4.02. The summed E-state index contributed by atoms with van der Waals surface area (Å²) >= 11 is 0. The van der Waals surface area contributed by atoms with Crippen molar-refractivity contribution in [3.63, 3.8) is 0 Å². The maximum absolute atomic E-state index is 12.6. The Balaban J connectivity index is 1.74. The van der Waals surface area contributed by atoms with Gasteiger partial charge in [-0.05, 0) is 25.5 Å². The molecule has 1 fully saturated rings. The number of carbonyl (C=O) groups is 2. The maximum atomic E-state index is 12.6. The second-order valence-corrected chi connectivity index (χ2v) is 8.41. The molecule has 2 amide bonds. The van der Waals surface area contributed by atoms with Crippen LogP contribution in [0.4, 0.5) is 5.82 Å². The van der Waals surface area contributed by atoms with Gasteiger partial charge in [-0.3, -0.25) is 14.6 Å². The van der Waals surface area contributed by atoms with Crippen LogP contribution in [0.3, 0.4) is 0 Å². The van der Waals surface area contributed by atoms with Gasteiger partial charge in [-0.2, -0.15) is 0 Å². The fourth-order valence-corrected chi connectivity index (χ4v) is 4.50. The predicted molar refractivity (Wildman–Crippen MR) is 92.6 cm³/mol. The van der Waals surface area contributed by atoms with Crippen molar-refractivity contribution in [1.82, 2.24) is 15.0 Å². The first kappa shape index (κ1) is 18.1. The molecule has 2 aromatic rings. The molecule has 1 N–H and O–H groups in total. The Bertz CT molecular complexity index is 953. The molecule has 0 saturated carbocycles. The topological polar surface area (TPSA) is 122 Å². The van der Waals surface area contributed by atoms with E-state index in [1.54, 1.807) is 20.0 Å². The molecule has 1 aliphatic rings. The van der Waals surface area contributed by atoms with Gasteiger partial charge < -0.3 is 14.7 Å². The number of amides is 2. The van der Waals surface area contributed by atoms with Crippen LogP contribution in [-0.2, 0) is 9.84 Å². The van der Waals surface area contributed by atoms with Crippen LogP contribution in [0.2, 0.25) is 0 Å². The van der Waals surface area contributed by atoms with Crippen LogP contribution in [-0.4, -0.2) is 59.9 Å². The number of hydrogen-bond donors (Lipinski definition) is 1. The number of hydrogen-bond acceptors (Lipinski definition) is 7. The number of anilines is 1.